The Balaban J connectivity index is 1.76. The standard InChI is InChI=1S/C12H16N6O3S/c1-10-2-4-11(5-3-10)22(20,21)15-7-6-13-12(19)8-18-9-14-16-17-18/h2-5,9,15H,6-8H2,1H3,(H,13,19). The van der Waals surface area contributed by atoms with Crippen LogP contribution in [0.15, 0.2) is 35.5 Å². The van der Waals surface area contributed by atoms with Crippen LogP contribution < -0.4 is 10.0 Å². The number of hydrogen-bond acceptors (Lipinski definition) is 6. The molecule has 2 rings (SSSR count). The van der Waals surface area contributed by atoms with Crippen LogP contribution in [-0.4, -0.2) is 47.6 Å². The van der Waals surface area contributed by atoms with Gasteiger partial charge in [0.15, 0.2) is 0 Å². The minimum atomic E-state index is -3.56. The fraction of sp³-hybridized carbons (Fsp3) is 0.333. The highest BCUT2D eigenvalue weighted by molar-refractivity contribution is 7.89. The lowest BCUT2D eigenvalue weighted by Gasteiger charge is -2.08. The van der Waals surface area contributed by atoms with Crippen molar-refractivity contribution in [3.05, 3.63) is 36.2 Å². The Bertz CT molecular complexity index is 712. The number of aryl methyl sites for hydroxylation is 1. The number of tetrazole rings is 1. The van der Waals surface area contributed by atoms with Gasteiger partial charge >= 0.3 is 0 Å². The van der Waals surface area contributed by atoms with Crippen LogP contribution in [0.5, 0.6) is 0 Å². The predicted molar refractivity (Wildman–Crippen MR) is 77.2 cm³/mol. The zero-order chi connectivity index (χ0) is 16.0. The van der Waals surface area contributed by atoms with Crippen LogP contribution in [0.4, 0.5) is 0 Å². The van der Waals surface area contributed by atoms with Crippen molar-refractivity contribution in [3.8, 4) is 0 Å². The Hall–Kier alpha value is -2.33. The smallest absolute Gasteiger partial charge is 0.241 e. The minimum absolute atomic E-state index is 0.0162. The largest absolute Gasteiger partial charge is 0.353 e. The fourth-order valence-corrected chi connectivity index (χ4v) is 2.68. The topological polar surface area (TPSA) is 119 Å². The first-order valence-corrected chi connectivity index (χ1v) is 7.99. The van der Waals surface area contributed by atoms with Gasteiger partial charge in [-0.3, -0.25) is 4.79 Å². The number of aromatic nitrogens is 4. The molecule has 10 heteroatoms. The first-order chi connectivity index (χ1) is 10.5. The Morgan fingerprint density at radius 3 is 2.59 bits per heavy atom. The van der Waals surface area contributed by atoms with Gasteiger partial charge in [0.05, 0.1) is 4.90 Å². The normalized spacial score (nSPS) is 11.3. The molecule has 1 heterocycles. The predicted octanol–water partition coefficient (Wildman–Crippen LogP) is -0.924. The maximum Gasteiger partial charge on any atom is 0.241 e. The van der Waals surface area contributed by atoms with E-state index >= 15 is 0 Å². The molecule has 0 saturated carbocycles. The lowest BCUT2D eigenvalue weighted by atomic mass is 10.2. The van der Waals surface area contributed by atoms with Gasteiger partial charge in [0.25, 0.3) is 0 Å². The highest BCUT2D eigenvalue weighted by Crippen LogP contribution is 2.09. The quantitative estimate of drug-likeness (QED) is 0.636. The van der Waals surface area contributed by atoms with Gasteiger partial charge < -0.3 is 5.32 Å². The van der Waals surface area contributed by atoms with Gasteiger partial charge in [-0.1, -0.05) is 17.7 Å². The number of sulfonamides is 1. The second-order valence-corrected chi connectivity index (χ2v) is 6.34. The van der Waals surface area contributed by atoms with Crippen molar-refractivity contribution in [2.24, 2.45) is 0 Å². The van der Waals surface area contributed by atoms with Crippen LogP contribution in [-0.2, 0) is 21.4 Å². The van der Waals surface area contributed by atoms with Crippen molar-refractivity contribution in [1.82, 2.24) is 30.2 Å². The Labute approximate surface area is 127 Å². The molecule has 0 spiro atoms. The SMILES string of the molecule is Cc1ccc(S(=O)(=O)NCCNC(=O)Cn2cnnn2)cc1. The minimum Gasteiger partial charge on any atom is -0.353 e. The molecule has 0 atom stereocenters. The first kappa shape index (κ1) is 16.0. The molecule has 9 nitrogen and oxygen atoms in total. The Morgan fingerprint density at radius 1 is 1.23 bits per heavy atom. The monoisotopic (exact) mass is 324 g/mol. The van der Waals surface area contributed by atoms with Crippen molar-refractivity contribution in [1.29, 1.82) is 0 Å². The zero-order valence-corrected chi connectivity index (χ0v) is 12.7. The summed E-state index contributed by atoms with van der Waals surface area (Å²) in [7, 11) is -3.56. The summed E-state index contributed by atoms with van der Waals surface area (Å²) in [5.74, 6) is -0.304. The molecule has 0 aliphatic rings. The molecular weight excluding hydrogens is 308 g/mol. The third-order valence-corrected chi connectivity index (χ3v) is 4.24. The number of rotatable bonds is 7. The molecule has 118 valence electrons. The Morgan fingerprint density at radius 2 is 1.95 bits per heavy atom. The summed E-state index contributed by atoms with van der Waals surface area (Å²) >= 11 is 0. The van der Waals surface area contributed by atoms with Crippen LogP contribution in [0, 0.1) is 6.92 Å². The second-order valence-electron chi connectivity index (χ2n) is 4.57. The zero-order valence-electron chi connectivity index (χ0n) is 11.9. The van der Waals surface area contributed by atoms with Crippen molar-refractivity contribution >= 4 is 15.9 Å². The molecule has 0 aliphatic carbocycles. The molecule has 0 unspecified atom stereocenters. The number of amides is 1. The van der Waals surface area contributed by atoms with Gasteiger partial charge in [-0.05, 0) is 29.5 Å². The van der Waals surface area contributed by atoms with Crippen molar-refractivity contribution in [2.75, 3.05) is 13.1 Å². The van der Waals surface area contributed by atoms with Crippen LogP contribution in [0.25, 0.3) is 0 Å². The van der Waals surface area contributed by atoms with Gasteiger partial charge in [-0.2, -0.15) is 0 Å². The number of hydrogen-bond donors (Lipinski definition) is 2. The molecule has 22 heavy (non-hydrogen) atoms. The molecule has 2 N–H and O–H groups in total. The highest BCUT2D eigenvalue weighted by atomic mass is 32.2. The second kappa shape index (κ2) is 7.09. The van der Waals surface area contributed by atoms with E-state index in [0.29, 0.717) is 0 Å². The van der Waals surface area contributed by atoms with E-state index in [1.54, 1.807) is 12.1 Å². The number of nitrogens with one attached hydrogen (secondary N) is 2. The summed E-state index contributed by atoms with van der Waals surface area (Å²) in [6.07, 6.45) is 1.32. The average Bonchev–Trinajstić information content (AvgIpc) is 2.97. The average molecular weight is 324 g/mol. The molecular formula is C12H16N6O3S. The van der Waals surface area contributed by atoms with Crippen molar-refractivity contribution in [3.63, 3.8) is 0 Å². The van der Waals surface area contributed by atoms with E-state index in [1.807, 2.05) is 6.92 Å². The van der Waals surface area contributed by atoms with Gasteiger partial charge in [0.2, 0.25) is 15.9 Å². The van der Waals surface area contributed by atoms with E-state index in [2.05, 4.69) is 25.6 Å². The van der Waals surface area contributed by atoms with Crippen LogP contribution in [0.2, 0.25) is 0 Å². The number of nitrogens with zero attached hydrogens (tertiary/aromatic N) is 4. The number of benzene rings is 1. The van der Waals surface area contributed by atoms with E-state index in [4.69, 9.17) is 0 Å². The molecule has 1 amide bonds. The maximum absolute atomic E-state index is 12.0. The molecule has 2 aromatic rings. The molecule has 0 fully saturated rings. The van der Waals surface area contributed by atoms with E-state index in [1.165, 1.54) is 23.1 Å². The van der Waals surface area contributed by atoms with Gasteiger partial charge in [0, 0.05) is 13.1 Å². The van der Waals surface area contributed by atoms with Crippen LogP contribution >= 0.6 is 0 Å². The third-order valence-electron chi connectivity index (χ3n) is 2.77. The summed E-state index contributed by atoms with van der Waals surface area (Å²) in [5.41, 5.74) is 0.980. The summed E-state index contributed by atoms with van der Waals surface area (Å²) < 4.78 is 27.7. The van der Waals surface area contributed by atoms with Crippen LogP contribution in [0.3, 0.4) is 0 Å². The van der Waals surface area contributed by atoms with Gasteiger partial charge in [-0.25, -0.2) is 17.8 Å². The lowest BCUT2D eigenvalue weighted by Crippen LogP contribution is -2.36. The number of carbonyl (C=O) groups is 1. The fourth-order valence-electron chi connectivity index (χ4n) is 1.64. The molecule has 1 aromatic carbocycles. The molecule has 0 saturated heterocycles. The Kier molecular flexibility index (Phi) is 5.17. The number of carbonyl (C=O) groups excluding carboxylic acids is 1. The van der Waals surface area contributed by atoms with E-state index < -0.39 is 10.0 Å². The van der Waals surface area contributed by atoms with Crippen LogP contribution in [0.1, 0.15) is 5.56 Å². The van der Waals surface area contributed by atoms with Crippen molar-refractivity contribution in [2.45, 2.75) is 18.4 Å². The lowest BCUT2D eigenvalue weighted by molar-refractivity contribution is -0.121. The molecule has 1 aromatic heterocycles. The highest BCUT2D eigenvalue weighted by Gasteiger charge is 2.12. The summed E-state index contributed by atoms with van der Waals surface area (Å²) in [5, 5.41) is 12.9. The summed E-state index contributed by atoms with van der Waals surface area (Å²) in [6.45, 7) is 2.13. The van der Waals surface area contributed by atoms with E-state index in [0.717, 1.165) is 5.56 Å². The van der Waals surface area contributed by atoms with Crippen molar-refractivity contribution < 1.29 is 13.2 Å². The van der Waals surface area contributed by atoms with Gasteiger partial charge in [0.1, 0.15) is 12.9 Å². The summed E-state index contributed by atoms with van der Waals surface area (Å²) in [6, 6.07) is 6.52. The molecule has 0 bridgehead atoms. The van der Waals surface area contributed by atoms with E-state index in [-0.39, 0.29) is 30.4 Å². The van der Waals surface area contributed by atoms with Gasteiger partial charge in [-0.15, -0.1) is 5.10 Å². The first-order valence-electron chi connectivity index (χ1n) is 6.51. The molecule has 0 aliphatic heterocycles. The third kappa shape index (κ3) is 4.60. The molecule has 0 radical (unpaired) electrons. The maximum atomic E-state index is 12.0. The van der Waals surface area contributed by atoms with E-state index in [9.17, 15) is 13.2 Å². The summed E-state index contributed by atoms with van der Waals surface area (Å²) in [4.78, 5) is 11.7.